The Morgan fingerprint density at radius 1 is 1.22 bits per heavy atom. The summed E-state index contributed by atoms with van der Waals surface area (Å²) in [5, 5.41) is 12.9. The molecule has 3 heteroatoms. The van der Waals surface area contributed by atoms with E-state index in [-0.39, 0.29) is 6.10 Å². The van der Waals surface area contributed by atoms with Crippen molar-refractivity contribution in [3.63, 3.8) is 0 Å². The summed E-state index contributed by atoms with van der Waals surface area (Å²) >= 11 is 1.72. The fraction of sp³-hybridized carbons (Fsp3) is 0.600. The summed E-state index contributed by atoms with van der Waals surface area (Å²) in [5.41, 5.74) is 1.32. The molecule has 1 aromatic carbocycles. The van der Waals surface area contributed by atoms with Gasteiger partial charge in [-0.2, -0.15) is 0 Å². The molecule has 0 aliphatic rings. The molecule has 1 atom stereocenters. The van der Waals surface area contributed by atoms with Crippen LogP contribution >= 0.6 is 11.8 Å². The first-order valence-corrected chi connectivity index (χ1v) is 7.71. The number of nitrogens with one attached hydrogen (secondary N) is 1. The van der Waals surface area contributed by atoms with E-state index in [1.54, 1.807) is 11.8 Å². The van der Waals surface area contributed by atoms with E-state index in [4.69, 9.17) is 0 Å². The second-order valence-corrected chi connectivity index (χ2v) is 6.14. The molecular formula is C15H25NOS. The standard InChI is InChI=1S/C15H25NOS/c1-4-14(17)11-18-15-7-5-13(6-8-15)10-16-9-12(2)3/h5-8,12,14,16-17H,4,9-11H2,1-3H3. The summed E-state index contributed by atoms with van der Waals surface area (Å²) < 4.78 is 0. The van der Waals surface area contributed by atoms with Crippen LogP contribution in [0, 0.1) is 5.92 Å². The first kappa shape index (κ1) is 15.5. The van der Waals surface area contributed by atoms with E-state index in [1.165, 1.54) is 10.5 Å². The molecule has 0 heterocycles. The van der Waals surface area contributed by atoms with Gasteiger partial charge in [0.2, 0.25) is 0 Å². The Morgan fingerprint density at radius 3 is 2.44 bits per heavy atom. The van der Waals surface area contributed by atoms with E-state index in [1.807, 2.05) is 6.92 Å². The average Bonchev–Trinajstić information content (AvgIpc) is 2.37. The molecule has 1 aromatic rings. The Labute approximate surface area is 115 Å². The Bertz CT molecular complexity index is 324. The molecule has 0 bridgehead atoms. The normalized spacial score (nSPS) is 12.9. The lowest BCUT2D eigenvalue weighted by atomic mass is 10.2. The van der Waals surface area contributed by atoms with Crippen molar-refractivity contribution in [2.75, 3.05) is 12.3 Å². The highest BCUT2D eigenvalue weighted by molar-refractivity contribution is 7.99. The van der Waals surface area contributed by atoms with Gasteiger partial charge < -0.3 is 10.4 Å². The van der Waals surface area contributed by atoms with Crippen LogP contribution in [0.3, 0.4) is 0 Å². The minimum Gasteiger partial charge on any atom is -0.392 e. The van der Waals surface area contributed by atoms with Crippen molar-refractivity contribution in [3.8, 4) is 0 Å². The van der Waals surface area contributed by atoms with Gasteiger partial charge in [0.25, 0.3) is 0 Å². The smallest absolute Gasteiger partial charge is 0.0631 e. The Balaban J connectivity index is 2.33. The van der Waals surface area contributed by atoms with Gasteiger partial charge in [0.15, 0.2) is 0 Å². The summed E-state index contributed by atoms with van der Waals surface area (Å²) in [6, 6.07) is 8.60. The van der Waals surface area contributed by atoms with Gasteiger partial charge in [-0.1, -0.05) is 32.9 Å². The quantitative estimate of drug-likeness (QED) is 0.709. The largest absolute Gasteiger partial charge is 0.392 e. The first-order valence-electron chi connectivity index (χ1n) is 6.72. The number of thioether (sulfide) groups is 1. The Morgan fingerprint density at radius 2 is 1.89 bits per heavy atom. The van der Waals surface area contributed by atoms with Crippen molar-refractivity contribution >= 4 is 11.8 Å². The zero-order valence-corrected chi connectivity index (χ0v) is 12.5. The number of rotatable bonds is 8. The van der Waals surface area contributed by atoms with E-state index >= 15 is 0 Å². The van der Waals surface area contributed by atoms with Crippen molar-refractivity contribution in [3.05, 3.63) is 29.8 Å². The molecule has 0 aliphatic carbocycles. The molecule has 0 radical (unpaired) electrons. The van der Waals surface area contributed by atoms with Crippen LogP contribution in [-0.4, -0.2) is 23.5 Å². The predicted molar refractivity (Wildman–Crippen MR) is 80.0 cm³/mol. The molecule has 2 nitrogen and oxygen atoms in total. The van der Waals surface area contributed by atoms with Gasteiger partial charge in [-0.15, -0.1) is 11.8 Å². The second-order valence-electron chi connectivity index (χ2n) is 5.04. The third-order valence-corrected chi connectivity index (χ3v) is 3.88. The van der Waals surface area contributed by atoms with E-state index in [2.05, 4.69) is 43.4 Å². The van der Waals surface area contributed by atoms with E-state index in [9.17, 15) is 5.11 Å². The molecular weight excluding hydrogens is 242 g/mol. The number of aliphatic hydroxyl groups excluding tert-OH is 1. The van der Waals surface area contributed by atoms with Crippen molar-refractivity contribution in [1.29, 1.82) is 0 Å². The van der Waals surface area contributed by atoms with Crippen LogP contribution < -0.4 is 5.32 Å². The maximum atomic E-state index is 9.51. The van der Waals surface area contributed by atoms with Gasteiger partial charge in [-0.05, 0) is 36.6 Å². The highest BCUT2D eigenvalue weighted by Crippen LogP contribution is 2.20. The SMILES string of the molecule is CCC(O)CSc1ccc(CNCC(C)C)cc1. The maximum absolute atomic E-state index is 9.51. The molecule has 18 heavy (non-hydrogen) atoms. The van der Waals surface area contributed by atoms with Crippen LogP contribution in [0.25, 0.3) is 0 Å². The van der Waals surface area contributed by atoms with Crippen molar-refractivity contribution < 1.29 is 5.11 Å². The van der Waals surface area contributed by atoms with Crippen molar-refractivity contribution in [2.45, 2.75) is 44.7 Å². The van der Waals surface area contributed by atoms with E-state index in [0.29, 0.717) is 5.92 Å². The molecule has 0 saturated heterocycles. The second kappa shape index (κ2) is 8.57. The molecule has 0 spiro atoms. The van der Waals surface area contributed by atoms with Crippen LogP contribution in [0.4, 0.5) is 0 Å². The summed E-state index contributed by atoms with van der Waals surface area (Å²) in [6.45, 7) is 8.42. The number of aliphatic hydroxyl groups is 1. The molecule has 0 fully saturated rings. The lowest BCUT2D eigenvalue weighted by Crippen LogP contribution is -2.18. The zero-order valence-electron chi connectivity index (χ0n) is 11.6. The highest BCUT2D eigenvalue weighted by atomic mass is 32.2. The zero-order chi connectivity index (χ0) is 13.4. The lowest BCUT2D eigenvalue weighted by molar-refractivity contribution is 0.195. The molecule has 2 N–H and O–H groups in total. The molecule has 0 aliphatic heterocycles. The monoisotopic (exact) mass is 267 g/mol. The van der Waals surface area contributed by atoms with Crippen molar-refractivity contribution in [2.24, 2.45) is 5.92 Å². The average molecular weight is 267 g/mol. The van der Waals surface area contributed by atoms with Gasteiger partial charge >= 0.3 is 0 Å². The fourth-order valence-corrected chi connectivity index (χ4v) is 2.47. The summed E-state index contributed by atoms with van der Waals surface area (Å²) in [7, 11) is 0. The molecule has 0 amide bonds. The summed E-state index contributed by atoms with van der Waals surface area (Å²) in [6.07, 6.45) is 0.631. The summed E-state index contributed by atoms with van der Waals surface area (Å²) in [4.78, 5) is 1.23. The minimum absolute atomic E-state index is 0.192. The van der Waals surface area contributed by atoms with Crippen LogP contribution in [0.5, 0.6) is 0 Å². The molecule has 102 valence electrons. The van der Waals surface area contributed by atoms with E-state index < -0.39 is 0 Å². The van der Waals surface area contributed by atoms with Gasteiger partial charge in [-0.25, -0.2) is 0 Å². The number of hydrogen-bond acceptors (Lipinski definition) is 3. The highest BCUT2D eigenvalue weighted by Gasteiger charge is 2.02. The maximum Gasteiger partial charge on any atom is 0.0631 e. The first-order chi connectivity index (χ1) is 8.61. The molecule has 0 aromatic heterocycles. The topological polar surface area (TPSA) is 32.3 Å². The van der Waals surface area contributed by atoms with Crippen LogP contribution in [-0.2, 0) is 6.54 Å². The van der Waals surface area contributed by atoms with Crippen molar-refractivity contribution in [1.82, 2.24) is 5.32 Å². The van der Waals surface area contributed by atoms with Crippen LogP contribution in [0.1, 0.15) is 32.8 Å². The minimum atomic E-state index is -0.192. The molecule has 0 saturated carbocycles. The Kier molecular flexibility index (Phi) is 7.40. The third-order valence-electron chi connectivity index (χ3n) is 2.72. The molecule has 1 rings (SSSR count). The van der Waals surface area contributed by atoms with Crippen LogP contribution in [0.2, 0.25) is 0 Å². The van der Waals surface area contributed by atoms with Gasteiger partial charge in [-0.3, -0.25) is 0 Å². The van der Waals surface area contributed by atoms with Gasteiger partial charge in [0.05, 0.1) is 6.10 Å². The molecule has 1 unspecified atom stereocenters. The lowest BCUT2D eigenvalue weighted by Gasteiger charge is -2.09. The van der Waals surface area contributed by atoms with Gasteiger partial charge in [0, 0.05) is 17.2 Å². The Hall–Kier alpha value is -0.510. The van der Waals surface area contributed by atoms with Crippen LogP contribution in [0.15, 0.2) is 29.2 Å². The summed E-state index contributed by atoms with van der Waals surface area (Å²) in [5.74, 6) is 1.47. The fourth-order valence-electron chi connectivity index (χ4n) is 1.52. The predicted octanol–water partition coefficient (Wildman–Crippen LogP) is 3.30. The number of hydrogen-bond donors (Lipinski definition) is 2. The number of benzene rings is 1. The van der Waals surface area contributed by atoms with Gasteiger partial charge in [0.1, 0.15) is 0 Å². The van der Waals surface area contributed by atoms with E-state index in [0.717, 1.165) is 25.3 Å². The third kappa shape index (κ3) is 6.43.